The molecule has 4 rings (SSSR count). The molecule has 0 radical (unpaired) electrons. The molecule has 2 fully saturated rings. The van der Waals surface area contributed by atoms with Gasteiger partial charge in [0.1, 0.15) is 5.82 Å². The van der Waals surface area contributed by atoms with E-state index in [0.717, 1.165) is 18.7 Å². The second kappa shape index (κ2) is 7.03. The SMILES string of the molecule is c1ccc([C@H](NC[C@H]2COC3(CCOCC3)O2)c2ncc[nH]2)cc1. The molecule has 24 heavy (non-hydrogen) atoms. The van der Waals surface area contributed by atoms with Gasteiger partial charge in [0.25, 0.3) is 0 Å². The van der Waals surface area contributed by atoms with E-state index in [0.29, 0.717) is 26.4 Å². The predicted octanol–water partition coefficient (Wildman–Crippen LogP) is 2.01. The van der Waals surface area contributed by atoms with Gasteiger partial charge in [-0.15, -0.1) is 0 Å². The van der Waals surface area contributed by atoms with Gasteiger partial charge in [0.15, 0.2) is 5.79 Å². The van der Waals surface area contributed by atoms with E-state index in [-0.39, 0.29) is 12.1 Å². The number of nitrogens with one attached hydrogen (secondary N) is 2. The maximum atomic E-state index is 6.20. The molecule has 0 saturated carbocycles. The fourth-order valence-corrected chi connectivity index (χ4v) is 3.36. The molecule has 128 valence electrons. The zero-order valence-corrected chi connectivity index (χ0v) is 13.6. The van der Waals surface area contributed by atoms with Crippen molar-refractivity contribution >= 4 is 0 Å². The highest BCUT2D eigenvalue weighted by Gasteiger charge is 2.42. The molecule has 0 aliphatic carbocycles. The maximum absolute atomic E-state index is 6.20. The van der Waals surface area contributed by atoms with E-state index in [4.69, 9.17) is 14.2 Å². The average molecular weight is 329 g/mol. The molecule has 2 aromatic rings. The minimum atomic E-state index is -0.433. The van der Waals surface area contributed by atoms with E-state index in [1.165, 1.54) is 5.56 Å². The Kier molecular flexibility index (Phi) is 4.62. The second-order valence-corrected chi connectivity index (χ2v) is 6.30. The third-order valence-corrected chi connectivity index (χ3v) is 4.64. The first-order valence-corrected chi connectivity index (χ1v) is 8.52. The molecule has 1 aromatic heterocycles. The van der Waals surface area contributed by atoms with Gasteiger partial charge in [0.05, 0.1) is 32.0 Å². The second-order valence-electron chi connectivity index (χ2n) is 6.30. The average Bonchev–Trinajstić information content (AvgIpc) is 3.28. The largest absolute Gasteiger partial charge is 0.381 e. The van der Waals surface area contributed by atoms with Crippen molar-refractivity contribution in [3.8, 4) is 0 Å². The van der Waals surface area contributed by atoms with E-state index < -0.39 is 5.79 Å². The van der Waals surface area contributed by atoms with Crippen molar-refractivity contribution in [1.82, 2.24) is 15.3 Å². The molecule has 2 N–H and O–H groups in total. The molecular weight excluding hydrogens is 306 g/mol. The molecule has 2 aliphatic rings. The van der Waals surface area contributed by atoms with Crippen molar-refractivity contribution in [2.24, 2.45) is 0 Å². The van der Waals surface area contributed by atoms with E-state index in [1.807, 2.05) is 24.4 Å². The first kappa shape index (κ1) is 15.8. The van der Waals surface area contributed by atoms with Gasteiger partial charge in [0, 0.05) is 31.8 Å². The molecule has 6 heteroatoms. The highest BCUT2D eigenvalue weighted by atomic mass is 16.7. The van der Waals surface area contributed by atoms with Crippen LogP contribution in [-0.2, 0) is 14.2 Å². The fraction of sp³-hybridized carbons (Fsp3) is 0.500. The maximum Gasteiger partial charge on any atom is 0.173 e. The summed E-state index contributed by atoms with van der Waals surface area (Å²) in [7, 11) is 0. The Labute approximate surface area is 141 Å². The Morgan fingerprint density at radius 3 is 2.83 bits per heavy atom. The van der Waals surface area contributed by atoms with Crippen LogP contribution in [0.4, 0.5) is 0 Å². The van der Waals surface area contributed by atoms with Crippen LogP contribution in [-0.4, -0.2) is 48.2 Å². The summed E-state index contributed by atoms with van der Waals surface area (Å²) < 4.78 is 17.6. The third-order valence-electron chi connectivity index (χ3n) is 4.64. The van der Waals surface area contributed by atoms with Crippen LogP contribution in [0.2, 0.25) is 0 Å². The Balaban J connectivity index is 1.41. The number of aromatic amines is 1. The third kappa shape index (κ3) is 3.37. The van der Waals surface area contributed by atoms with Gasteiger partial charge in [0.2, 0.25) is 0 Å². The van der Waals surface area contributed by atoms with Crippen LogP contribution in [0.15, 0.2) is 42.7 Å². The number of aromatic nitrogens is 2. The number of H-pyrrole nitrogens is 1. The zero-order chi connectivity index (χ0) is 16.2. The van der Waals surface area contributed by atoms with Crippen molar-refractivity contribution in [3.63, 3.8) is 0 Å². The van der Waals surface area contributed by atoms with Crippen LogP contribution in [0, 0.1) is 0 Å². The summed E-state index contributed by atoms with van der Waals surface area (Å²) in [4.78, 5) is 7.62. The number of rotatable bonds is 5. The first-order chi connectivity index (χ1) is 11.8. The van der Waals surface area contributed by atoms with Gasteiger partial charge in [-0.1, -0.05) is 30.3 Å². The lowest BCUT2D eigenvalue weighted by Crippen LogP contribution is -2.39. The van der Waals surface area contributed by atoms with E-state index in [2.05, 4.69) is 27.4 Å². The first-order valence-electron chi connectivity index (χ1n) is 8.52. The summed E-state index contributed by atoms with van der Waals surface area (Å²) in [6.07, 6.45) is 5.29. The summed E-state index contributed by atoms with van der Waals surface area (Å²) in [5, 5.41) is 3.57. The topological polar surface area (TPSA) is 68.4 Å². The summed E-state index contributed by atoms with van der Waals surface area (Å²) in [6, 6.07) is 10.3. The minimum absolute atomic E-state index is 0.0102. The van der Waals surface area contributed by atoms with E-state index >= 15 is 0 Å². The summed E-state index contributed by atoms with van der Waals surface area (Å²) in [6.45, 7) is 2.74. The van der Waals surface area contributed by atoms with Crippen molar-refractivity contribution < 1.29 is 14.2 Å². The minimum Gasteiger partial charge on any atom is -0.381 e. The molecule has 1 spiro atoms. The number of hydrogen-bond acceptors (Lipinski definition) is 5. The van der Waals surface area contributed by atoms with Gasteiger partial charge in [-0.05, 0) is 5.56 Å². The Morgan fingerprint density at radius 1 is 1.25 bits per heavy atom. The lowest BCUT2D eigenvalue weighted by atomic mass is 10.1. The summed E-state index contributed by atoms with van der Waals surface area (Å²) in [5.41, 5.74) is 1.17. The summed E-state index contributed by atoms with van der Waals surface area (Å²) >= 11 is 0. The zero-order valence-electron chi connectivity index (χ0n) is 13.6. The molecule has 3 heterocycles. The van der Waals surface area contributed by atoms with Gasteiger partial charge < -0.3 is 24.5 Å². The normalized spacial score (nSPS) is 24.2. The van der Waals surface area contributed by atoms with Gasteiger partial charge >= 0.3 is 0 Å². The van der Waals surface area contributed by atoms with E-state index in [1.54, 1.807) is 6.20 Å². The predicted molar refractivity (Wildman–Crippen MR) is 88.5 cm³/mol. The van der Waals surface area contributed by atoms with Crippen LogP contribution >= 0.6 is 0 Å². The van der Waals surface area contributed by atoms with Crippen LogP contribution < -0.4 is 5.32 Å². The van der Waals surface area contributed by atoms with Crippen molar-refractivity contribution in [2.75, 3.05) is 26.4 Å². The molecule has 2 saturated heterocycles. The van der Waals surface area contributed by atoms with Gasteiger partial charge in [-0.25, -0.2) is 4.98 Å². The number of ether oxygens (including phenoxy) is 3. The van der Waals surface area contributed by atoms with Gasteiger partial charge in [-0.3, -0.25) is 0 Å². The molecule has 0 bridgehead atoms. The van der Waals surface area contributed by atoms with Crippen molar-refractivity contribution in [3.05, 3.63) is 54.1 Å². The Bertz CT molecular complexity index is 626. The molecule has 2 aliphatic heterocycles. The number of benzene rings is 1. The van der Waals surface area contributed by atoms with Crippen LogP contribution in [0.5, 0.6) is 0 Å². The standard InChI is InChI=1S/C18H23N3O3/c1-2-4-14(5-3-1)16(17-19-8-9-20-17)21-12-15-13-23-18(24-15)6-10-22-11-7-18/h1-5,8-9,15-16,21H,6-7,10-13H2,(H,19,20)/t15-,16-/m0/s1. The van der Waals surface area contributed by atoms with Gasteiger partial charge in [-0.2, -0.15) is 0 Å². The highest BCUT2D eigenvalue weighted by Crippen LogP contribution is 2.33. The highest BCUT2D eigenvalue weighted by molar-refractivity contribution is 5.24. The molecule has 1 aromatic carbocycles. The lowest BCUT2D eigenvalue weighted by Gasteiger charge is -2.31. The summed E-state index contributed by atoms with van der Waals surface area (Å²) in [5.74, 6) is 0.471. The molecule has 0 amide bonds. The van der Waals surface area contributed by atoms with Crippen LogP contribution in [0.25, 0.3) is 0 Å². The Morgan fingerprint density at radius 2 is 2.08 bits per heavy atom. The quantitative estimate of drug-likeness (QED) is 0.878. The van der Waals surface area contributed by atoms with E-state index in [9.17, 15) is 0 Å². The molecular formula is C18H23N3O3. The number of imidazole rings is 1. The molecule has 0 unspecified atom stereocenters. The van der Waals surface area contributed by atoms with Crippen molar-refractivity contribution in [1.29, 1.82) is 0 Å². The number of nitrogens with zero attached hydrogens (tertiary/aromatic N) is 1. The molecule has 6 nitrogen and oxygen atoms in total. The van der Waals surface area contributed by atoms with Crippen LogP contribution in [0.3, 0.4) is 0 Å². The Hall–Kier alpha value is -1.73. The number of hydrogen-bond donors (Lipinski definition) is 2. The fourth-order valence-electron chi connectivity index (χ4n) is 3.36. The van der Waals surface area contributed by atoms with Crippen LogP contribution in [0.1, 0.15) is 30.3 Å². The monoisotopic (exact) mass is 329 g/mol. The van der Waals surface area contributed by atoms with Crippen molar-refractivity contribution in [2.45, 2.75) is 30.8 Å². The smallest absolute Gasteiger partial charge is 0.173 e. The lowest BCUT2D eigenvalue weighted by molar-refractivity contribution is -0.210. The molecule has 2 atom stereocenters.